The van der Waals surface area contributed by atoms with E-state index in [1.54, 1.807) is 11.8 Å². The lowest BCUT2D eigenvalue weighted by Gasteiger charge is -2.15. The molecule has 3 N–H and O–H groups in total. The predicted molar refractivity (Wildman–Crippen MR) is 101 cm³/mol. The van der Waals surface area contributed by atoms with Crippen LogP contribution in [0.5, 0.6) is 0 Å². The van der Waals surface area contributed by atoms with E-state index in [9.17, 15) is 9.36 Å². The van der Waals surface area contributed by atoms with Gasteiger partial charge in [0.15, 0.2) is 0 Å². The number of amides is 1. The van der Waals surface area contributed by atoms with Gasteiger partial charge >= 0.3 is 13.7 Å². The summed E-state index contributed by atoms with van der Waals surface area (Å²) in [5, 5.41) is 8.11. The highest BCUT2D eigenvalue weighted by atomic mass is 32.2. The molecule has 1 aliphatic heterocycles. The topological polar surface area (TPSA) is 79.5 Å². The summed E-state index contributed by atoms with van der Waals surface area (Å²) >= 11 is 1.61. The van der Waals surface area contributed by atoms with Crippen LogP contribution in [0.1, 0.15) is 13.8 Å². The maximum atomic E-state index is 12.8. The van der Waals surface area contributed by atoms with Gasteiger partial charge in [-0.3, -0.25) is 4.57 Å². The zero-order valence-electron chi connectivity index (χ0n) is 14.0. The second kappa shape index (κ2) is 7.42. The SMILES string of the molecule is CC(C)COC(=O)NP1(=O)Nc2ccc(Sc3ccccc3)cc2N1. The molecule has 1 atom stereocenters. The van der Waals surface area contributed by atoms with Crippen LogP contribution < -0.4 is 15.3 Å². The number of fused-ring (bicyclic) bond motifs is 1. The van der Waals surface area contributed by atoms with E-state index in [1.165, 1.54) is 0 Å². The molecule has 25 heavy (non-hydrogen) atoms. The van der Waals surface area contributed by atoms with E-state index in [4.69, 9.17) is 4.74 Å². The molecule has 1 aliphatic rings. The minimum atomic E-state index is -3.30. The summed E-state index contributed by atoms with van der Waals surface area (Å²) in [4.78, 5) is 13.9. The van der Waals surface area contributed by atoms with Gasteiger partial charge in [-0.15, -0.1) is 0 Å². The van der Waals surface area contributed by atoms with E-state index in [2.05, 4.69) is 15.3 Å². The highest BCUT2D eigenvalue weighted by Gasteiger charge is 2.33. The summed E-state index contributed by atoms with van der Waals surface area (Å²) in [6.45, 7) is 4.14. The van der Waals surface area contributed by atoms with Gasteiger partial charge < -0.3 is 14.9 Å². The largest absolute Gasteiger partial charge is 0.449 e. The van der Waals surface area contributed by atoms with Gasteiger partial charge in [0.25, 0.3) is 0 Å². The Balaban J connectivity index is 1.66. The first-order valence-electron chi connectivity index (χ1n) is 7.92. The van der Waals surface area contributed by atoms with E-state index in [0.717, 1.165) is 9.79 Å². The van der Waals surface area contributed by atoms with Gasteiger partial charge in [-0.05, 0) is 36.2 Å². The van der Waals surface area contributed by atoms with Crippen molar-refractivity contribution >= 4 is 36.8 Å². The van der Waals surface area contributed by atoms with Crippen LogP contribution in [0.25, 0.3) is 0 Å². The molecular weight excluding hydrogens is 357 g/mol. The number of rotatable bonds is 5. The average Bonchev–Trinajstić information content (AvgIpc) is 2.89. The normalized spacial score (nSPS) is 18.2. The Labute approximate surface area is 151 Å². The average molecular weight is 377 g/mol. The number of carbonyl (C=O) groups is 1. The van der Waals surface area contributed by atoms with Crippen molar-refractivity contribution < 1.29 is 14.1 Å². The van der Waals surface area contributed by atoms with Crippen molar-refractivity contribution in [3.63, 3.8) is 0 Å². The van der Waals surface area contributed by atoms with E-state index in [-0.39, 0.29) is 12.5 Å². The first-order chi connectivity index (χ1) is 11.9. The summed E-state index contributed by atoms with van der Waals surface area (Å²) in [7, 11) is -3.30. The molecule has 132 valence electrons. The summed E-state index contributed by atoms with van der Waals surface area (Å²) in [6, 6.07) is 15.7. The third-order valence-corrected chi connectivity index (χ3v) is 5.93. The number of nitrogens with one attached hydrogen (secondary N) is 3. The Morgan fingerprint density at radius 2 is 1.84 bits per heavy atom. The van der Waals surface area contributed by atoms with Crippen LogP contribution in [-0.2, 0) is 9.30 Å². The molecule has 8 heteroatoms. The molecule has 0 spiro atoms. The van der Waals surface area contributed by atoms with Crippen LogP contribution in [-0.4, -0.2) is 12.7 Å². The van der Waals surface area contributed by atoms with E-state index < -0.39 is 13.7 Å². The molecular formula is C17H20N3O3PS. The Kier molecular flexibility index (Phi) is 5.25. The molecule has 0 saturated carbocycles. The lowest BCUT2D eigenvalue weighted by atomic mass is 10.2. The Morgan fingerprint density at radius 1 is 1.12 bits per heavy atom. The zero-order valence-corrected chi connectivity index (χ0v) is 15.7. The van der Waals surface area contributed by atoms with Crippen molar-refractivity contribution in [1.29, 1.82) is 0 Å². The Morgan fingerprint density at radius 3 is 2.56 bits per heavy atom. The number of hydrogen-bond donors (Lipinski definition) is 3. The molecule has 1 heterocycles. The van der Waals surface area contributed by atoms with Crippen molar-refractivity contribution in [3.05, 3.63) is 48.5 Å². The molecule has 0 radical (unpaired) electrons. The molecule has 2 aromatic carbocycles. The molecule has 1 unspecified atom stereocenters. The van der Waals surface area contributed by atoms with Crippen LogP contribution in [0.3, 0.4) is 0 Å². The maximum Gasteiger partial charge on any atom is 0.415 e. The smallest absolute Gasteiger partial charge is 0.415 e. The fourth-order valence-corrected chi connectivity index (χ4v) is 4.65. The van der Waals surface area contributed by atoms with Crippen molar-refractivity contribution in [3.8, 4) is 0 Å². The predicted octanol–water partition coefficient (Wildman–Crippen LogP) is 5.17. The minimum Gasteiger partial charge on any atom is -0.449 e. The summed E-state index contributed by atoms with van der Waals surface area (Å²) in [5.41, 5.74) is 1.37. The first kappa shape index (κ1) is 17.7. The van der Waals surface area contributed by atoms with Crippen LogP contribution in [0.4, 0.5) is 16.2 Å². The Hall–Kier alpha value is -2.11. The molecule has 6 nitrogen and oxygen atoms in total. The summed E-state index contributed by atoms with van der Waals surface area (Å²) in [6.07, 6.45) is -0.705. The number of ether oxygens (including phenoxy) is 1. The third kappa shape index (κ3) is 4.71. The lowest BCUT2D eigenvalue weighted by molar-refractivity contribution is 0.139. The molecule has 3 rings (SSSR count). The van der Waals surface area contributed by atoms with Gasteiger partial charge in [-0.1, -0.05) is 43.8 Å². The monoisotopic (exact) mass is 377 g/mol. The number of anilines is 2. The molecule has 0 fully saturated rings. The number of hydrogen-bond acceptors (Lipinski definition) is 4. The maximum absolute atomic E-state index is 12.8. The van der Waals surface area contributed by atoms with E-state index in [0.29, 0.717) is 11.4 Å². The molecule has 1 amide bonds. The third-order valence-electron chi connectivity index (χ3n) is 3.32. The van der Waals surface area contributed by atoms with Crippen molar-refractivity contribution in [1.82, 2.24) is 5.09 Å². The van der Waals surface area contributed by atoms with E-state index in [1.807, 2.05) is 62.4 Å². The van der Waals surface area contributed by atoms with Crippen LogP contribution in [0, 0.1) is 5.92 Å². The zero-order chi connectivity index (χ0) is 17.9. The highest BCUT2D eigenvalue weighted by molar-refractivity contribution is 7.99. The second-order valence-corrected chi connectivity index (χ2v) is 9.10. The van der Waals surface area contributed by atoms with Crippen molar-refractivity contribution in [2.24, 2.45) is 5.92 Å². The second-order valence-electron chi connectivity index (χ2n) is 6.06. The van der Waals surface area contributed by atoms with Gasteiger partial charge in [0, 0.05) is 9.79 Å². The van der Waals surface area contributed by atoms with Crippen LogP contribution >= 0.6 is 19.4 Å². The summed E-state index contributed by atoms with van der Waals surface area (Å²) < 4.78 is 17.8. The fraction of sp³-hybridized carbons (Fsp3) is 0.235. The number of carbonyl (C=O) groups excluding carboxylic acids is 1. The first-order valence-corrected chi connectivity index (χ1v) is 10.4. The lowest BCUT2D eigenvalue weighted by Crippen LogP contribution is -2.26. The molecule has 0 bridgehead atoms. The molecule has 0 aliphatic carbocycles. The van der Waals surface area contributed by atoms with Gasteiger partial charge in [0.2, 0.25) is 0 Å². The Bertz CT molecular complexity index is 814. The molecule has 0 aromatic heterocycles. The van der Waals surface area contributed by atoms with Crippen LogP contribution in [0.15, 0.2) is 58.3 Å². The standard InChI is InChI=1S/C17H20N3O3PS/c1-12(2)11-23-17(21)20-24(22)18-15-9-8-14(10-16(15)19-24)25-13-6-4-3-5-7-13/h3-10,12H,11H2,1-2H3,(H3,18,19,20,21,22). The quantitative estimate of drug-likeness (QED) is 0.624. The van der Waals surface area contributed by atoms with Gasteiger partial charge in [0.1, 0.15) is 0 Å². The van der Waals surface area contributed by atoms with Gasteiger partial charge in [-0.25, -0.2) is 9.88 Å². The molecule has 0 saturated heterocycles. The summed E-state index contributed by atoms with van der Waals surface area (Å²) in [5.74, 6) is 0.214. The van der Waals surface area contributed by atoms with E-state index >= 15 is 0 Å². The number of benzene rings is 2. The van der Waals surface area contributed by atoms with Crippen molar-refractivity contribution in [2.45, 2.75) is 23.6 Å². The van der Waals surface area contributed by atoms with Crippen molar-refractivity contribution in [2.75, 3.05) is 16.8 Å². The van der Waals surface area contributed by atoms with Gasteiger partial charge in [0.05, 0.1) is 18.0 Å². The van der Waals surface area contributed by atoms with Gasteiger partial charge in [-0.2, -0.15) is 0 Å². The minimum absolute atomic E-state index is 0.214. The van der Waals surface area contributed by atoms with Crippen LogP contribution in [0.2, 0.25) is 0 Å². The molecule has 2 aromatic rings. The highest BCUT2D eigenvalue weighted by Crippen LogP contribution is 2.52. The fourth-order valence-electron chi connectivity index (χ4n) is 2.23.